The predicted molar refractivity (Wildman–Crippen MR) is 78.0 cm³/mol. The molecule has 0 amide bonds. The van der Waals surface area contributed by atoms with E-state index in [1.165, 1.54) is 24.0 Å². The van der Waals surface area contributed by atoms with Crippen LogP contribution in [0.4, 0.5) is 0 Å². The number of oxime groups is 1. The zero-order valence-corrected chi connectivity index (χ0v) is 11.5. The van der Waals surface area contributed by atoms with Gasteiger partial charge in [-0.1, -0.05) is 11.2 Å². The lowest BCUT2D eigenvalue weighted by Crippen LogP contribution is -2.06. The molecule has 4 heteroatoms. The summed E-state index contributed by atoms with van der Waals surface area (Å²) in [6, 6.07) is 6.20. The van der Waals surface area contributed by atoms with Gasteiger partial charge >= 0.3 is 0 Å². The van der Waals surface area contributed by atoms with Crippen LogP contribution >= 0.6 is 0 Å². The molecule has 0 spiro atoms. The van der Waals surface area contributed by atoms with Gasteiger partial charge < -0.3 is 14.4 Å². The number of nitrogens with zero attached hydrogens (tertiary/aromatic N) is 1. The molecule has 0 bridgehead atoms. The molecule has 1 aliphatic carbocycles. The zero-order chi connectivity index (χ0) is 14.2. The van der Waals surface area contributed by atoms with Crippen molar-refractivity contribution >= 4 is 13.0 Å². The molecule has 1 aromatic rings. The van der Waals surface area contributed by atoms with Gasteiger partial charge in [-0.25, -0.2) is 0 Å². The molecule has 2 rings (SSSR count). The smallest absolute Gasteiger partial charge is 0.168 e. The van der Waals surface area contributed by atoms with E-state index in [0.29, 0.717) is 5.76 Å². The van der Waals surface area contributed by atoms with Gasteiger partial charge in [-0.05, 0) is 55.0 Å². The van der Waals surface area contributed by atoms with Crippen LogP contribution in [-0.4, -0.2) is 19.6 Å². The van der Waals surface area contributed by atoms with Crippen LogP contribution in [0.2, 0.25) is 0 Å². The second-order valence-corrected chi connectivity index (χ2v) is 4.72. The van der Waals surface area contributed by atoms with Crippen LogP contribution in [0.3, 0.4) is 0 Å². The van der Waals surface area contributed by atoms with Gasteiger partial charge in [-0.2, -0.15) is 0 Å². The van der Waals surface area contributed by atoms with Crippen LogP contribution in [0.5, 0.6) is 5.75 Å². The molecule has 0 radical (unpaired) electrons. The third-order valence-electron chi connectivity index (χ3n) is 3.32. The molecule has 4 nitrogen and oxygen atoms in total. The Balaban J connectivity index is 1.98. The SMILES string of the molecule is C=NO/C(=C\CC=O)COc1ccc2c(c1)CCCC2. The largest absolute Gasteiger partial charge is 0.486 e. The highest BCUT2D eigenvalue weighted by Crippen LogP contribution is 2.25. The molecular formula is C16H19NO3. The molecule has 1 aromatic carbocycles. The van der Waals surface area contributed by atoms with E-state index in [1.807, 2.05) is 6.07 Å². The van der Waals surface area contributed by atoms with E-state index in [4.69, 9.17) is 9.57 Å². The van der Waals surface area contributed by atoms with Crippen LogP contribution in [0, 0.1) is 0 Å². The first kappa shape index (κ1) is 14.3. The van der Waals surface area contributed by atoms with Crippen molar-refractivity contribution in [2.75, 3.05) is 6.61 Å². The molecule has 0 atom stereocenters. The summed E-state index contributed by atoms with van der Waals surface area (Å²) >= 11 is 0. The van der Waals surface area contributed by atoms with Gasteiger partial charge in [-0.3, -0.25) is 0 Å². The average molecular weight is 273 g/mol. The van der Waals surface area contributed by atoms with Crippen molar-refractivity contribution in [1.82, 2.24) is 0 Å². The van der Waals surface area contributed by atoms with E-state index in [9.17, 15) is 4.79 Å². The van der Waals surface area contributed by atoms with E-state index in [1.54, 1.807) is 6.08 Å². The summed E-state index contributed by atoms with van der Waals surface area (Å²) < 4.78 is 5.69. The molecule has 20 heavy (non-hydrogen) atoms. The van der Waals surface area contributed by atoms with Gasteiger partial charge in [0, 0.05) is 13.1 Å². The molecule has 106 valence electrons. The Morgan fingerprint density at radius 1 is 1.30 bits per heavy atom. The van der Waals surface area contributed by atoms with Crippen molar-refractivity contribution < 1.29 is 14.4 Å². The zero-order valence-electron chi connectivity index (χ0n) is 11.5. The molecule has 0 unspecified atom stereocenters. The Morgan fingerprint density at radius 2 is 2.10 bits per heavy atom. The van der Waals surface area contributed by atoms with Crippen LogP contribution < -0.4 is 4.74 Å². The van der Waals surface area contributed by atoms with Crippen molar-refractivity contribution in [1.29, 1.82) is 0 Å². The predicted octanol–water partition coefficient (Wildman–Crippen LogP) is 3.05. The molecule has 0 heterocycles. The number of fused-ring (bicyclic) bond motifs is 1. The van der Waals surface area contributed by atoms with Crippen molar-refractivity contribution in [3.8, 4) is 5.75 Å². The fraction of sp³-hybridized carbons (Fsp3) is 0.375. The van der Waals surface area contributed by atoms with Crippen molar-refractivity contribution in [2.45, 2.75) is 32.1 Å². The summed E-state index contributed by atoms with van der Waals surface area (Å²) in [4.78, 5) is 15.3. The highest BCUT2D eigenvalue weighted by Gasteiger charge is 2.10. The molecule has 0 saturated heterocycles. The second kappa shape index (κ2) is 7.48. The molecule has 0 aromatic heterocycles. The molecule has 0 fully saturated rings. The minimum Gasteiger partial charge on any atom is -0.486 e. The Bertz CT molecular complexity index is 508. The highest BCUT2D eigenvalue weighted by molar-refractivity contribution is 5.52. The van der Waals surface area contributed by atoms with E-state index in [2.05, 4.69) is 24.0 Å². The minimum atomic E-state index is 0.242. The summed E-state index contributed by atoms with van der Waals surface area (Å²) in [5.74, 6) is 1.31. The summed E-state index contributed by atoms with van der Waals surface area (Å²) in [5, 5.41) is 3.36. The summed E-state index contributed by atoms with van der Waals surface area (Å²) in [7, 11) is 0. The van der Waals surface area contributed by atoms with Crippen molar-refractivity contribution in [2.24, 2.45) is 5.16 Å². The van der Waals surface area contributed by atoms with Gasteiger partial charge in [-0.15, -0.1) is 0 Å². The Hall–Kier alpha value is -2.10. The number of hydrogen-bond acceptors (Lipinski definition) is 4. The fourth-order valence-corrected chi connectivity index (χ4v) is 2.34. The Morgan fingerprint density at radius 3 is 2.85 bits per heavy atom. The van der Waals surface area contributed by atoms with E-state index in [-0.39, 0.29) is 13.0 Å². The van der Waals surface area contributed by atoms with Gasteiger partial charge in [0.25, 0.3) is 0 Å². The maximum absolute atomic E-state index is 10.4. The lowest BCUT2D eigenvalue weighted by atomic mass is 9.92. The summed E-state index contributed by atoms with van der Waals surface area (Å²) in [6.07, 6.45) is 7.49. The van der Waals surface area contributed by atoms with Crippen LogP contribution in [0.25, 0.3) is 0 Å². The number of aryl methyl sites for hydroxylation is 2. The standard InChI is InChI=1S/C16H19NO3/c1-17-20-16(7-4-10-18)12-19-15-9-8-13-5-2-3-6-14(13)11-15/h7-11H,1-6,12H2/b16-7-. The molecule has 0 saturated carbocycles. The van der Waals surface area contributed by atoms with Gasteiger partial charge in [0.15, 0.2) is 5.76 Å². The lowest BCUT2D eigenvalue weighted by molar-refractivity contribution is -0.107. The second-order valence-electron chi connectivity index (χ2n) is 4.72. The third-order valence-corrected chi connectivity index (χ3v) is 3.32. The van der Waals surface area contributed by atoms with E-state index in [0.717, 1.165) is 24.9 Å². The minimum absolute atomic E-state index is 0.242. The Labute approximate surface area is 119 Å². The first-order chi connectivity index (χ1) is 9.83. The van der Waals surface area contributed by atoms with Crippen LogP contribution in [0.1, 0.15) is 30.4 Å². The molecule has 0 N–H and O–H groups in total. The number of hydrogen-bond donors (Lipinski definition) is 0. The quantitative estimate of drug-likeness (QED) is 0.332. The van der Waals surface area contributed by atoms with E-state index < -0.39 is 0 Å². The number of rotatable bonds is 7. The average Bonchev–Trinajstić information content (AvgIpc) is 2.50. The first-order valence-corrected chi connectivity index (χ1v) is 6.84. The lowest BCUT2D eigenvalue weighted by Gasteiger charge is -2.17. The van der Waals surface area contributed by atoms with Crippen LogP contribution in [-0.2, 0) is 22.5 Å². The number of benzene rings is 1. The molecule has 0 aliphatic heterocycles. The Kier molecular flexibility index (Phi) is 5.35. The van der Waals surface area contributed by atoms with Crippen molar-refractivity contribution in [3.05, 3.63) is 41.2 Å². The fourth-order valence-electron chi connectivity index (χ4n) is 2.34. The van der Waals surface area contributed by atoms with Gasteiger partial charge in [0.2, 0.25) is 0 Å². The first-order valence-electron chi connectivity index (χ1n) is 6.84. The van der Waals surface area contributed by atoms with Crippen molar-refractivity contribution in [3.63, 3.8) is 0 Å². The monoisotopic (exact) mass is 273 g/mol. The number of carbonyl (C=O) groups is 1. The number of ether oxygens (including phenoxy) is 1. The number of allylic oxidation sites excluding steroid dienone is 1. The maximum Gasteiger partial charge on any atom is 0.168 e. The summed E-state index contributed by atoms with van der Waals surface area (Å²) in [5.41, 5.74) is 2.79. The topological polar surface area (TPSA) is 47.9 Å². The number of aldehydes is 1. The van der Waals surface area contributed by atoms with Crippen LogP contribution in [0.15, 0.2) is 35.2 Å². The maximum atomic E-state index is 10.4. The normalized spacial score (nSPS) is 14.3. The highest BCUT2D eigenvalue weighted by atomic mass is 16.6. The molecular weight excluding hydrogens is 254 g/mol. The van der Waals surface area contributed by atoms with Gasteiger partial charge in [0.1, 0.15) is 18.6 Å². The van der Waals surface area contributed by atoms with E-state index >= 15 is 0 Å². The third kappa shape index (κ3) is 3.95. The number of carbonyl (C=O) groups excluding carboxylic acids is 1. The van der Waals surface area contributed by atoms with Gasteiger partial charge in [0.05, 0.1) is 0 Å². The summed E-state index contributed by atoms with van der Waals surface area (Å²) in [6.45, 7) is 3.51. The molecule has 1 aliphatic rings.